The first-order valence-corrected chi connectivity index (χ1v) is 7.63. The predicted molar refractivity (Wildman–Crippen MR) is 92.1 cm³/mol. The van der Waals surface area contributed by atoms with Gasteiger partial charge in [0.25, 0.3) is 0 Å². The molecular formula is C19H17NO4. The van der Waals surface area contributed by atoms with Gasteiger partial charge in [0.1, 0.15) is 17.2 Å². The van der Waals surface area contributed by atoms with E-state index in [1.54, 1.807) is 22.8 Å². The van der Waals surface area contributed by atoms with Crippen molar-refractivity contribution in [1.82, 2.24) is 4.57 Å². The van der Waals surface area contributed by atoms with Crippen LogP contribution >= 0.6 is 0 Å². The summed E-state index contributed by atoms with van der Waals surface area (Å²) in [5.74, 6) is 0.0830. The van der Waals surface area contributed by atoms with Crippen molar-refractivity contribution in [3.63, 3.8) is 0 Å². The molecule has 0 aliphatic rings. The minimum absolute atomic E-state index is 0.0146. The smallest absolute Gasteiger partial charge is 0.352 e. The Balaban J connectivity index is 2.17. The Hall–Kier alpha value is -3.08. The number of aromatic carboxylic acids is 1. The first-order valence-electron chi connectivity index (χ1n) is 7.63. The number of fused-ring (bicyclic) bond motifs is 1. The highest BCUT2D eigenvalue weighted by molar-refractivity contribution is 5.91. The van der Waals surface area contributed by atoms with E-state index in [0.717, 1.165) is 6.07 Å². The lowest BCUT2D eigenvalue weighted by Crippen LogP contribution is -2.19. The molecule has 0 amide bonds. The van der Waals surface area contributed by atoms with Gasteiger partial charge >= 0.3 is 5.97 Å². The lowest BCUT2D eigenvalue weighted by Gasteiger charge is -2.18. The number of hydrogen-bond donors (Lipinski definition) is 1. The summed E-state index contributed by atoms with van der Waals surface area (Å²) in [6.07, 6.45) is 0. The molecule has 0 spiro atoms. The zero-order valence-corrected chi connectivity index (χ0v) is 13.4. The summed E-state index contributed by atoms with van der Waals surface area (Å²) in [6.45, 7) is 3.76. The number of benzene rings is 2. The van der Waals surface area contributed by atoms with Crippen molar-refractivity contribution in [2.75, 3.05) is 0 Å². The molecule has 1 aromatic heterocycles. The van der Waals surface area contributed by atoms with Crippen LogP contribution in [0.2, 0.25) is 0 Å². The Morgan fingerprint density at radius 1 is 1.04 bits per heavy atom. The molecule has 0 atom stereocenters. The maximum absolute atomic E-state index is 12.4. The van der Waals surface area contributed by atoms with Gasteiger partial charge in [0, 0.05) is 17.5 Å². The molecule has 0 saturated heterocycles. The molecule has 0 fully saturated rings. The Morgan fingerprint density at radius 2 is 1.75 bits per heavy atom. The summed E-state index contributed by atoms with van der Waals surface area (Å²) in [7, 11) is 0. The van der Waals surface area contributed by atoms with Gasteiger partial charge in [0.05, 0.1) is 5.52 Å². The zero-order valence-electron chi connectivity index (χ0n) is 13.4. The molecule has 0 radical (unpaired) electrons. The van der Waals surface area contributed by atoms with Gasteiger partial charge in [-0.15, -0.1) is 0 Å². The van der Waals surface area contributed by atoms with Gasteiger partial charge in [0.2, 0.25) is 0 Å². The number of aromatic nitrogens is 1. The summed E-state index contributed by atoms with van der Waals surface area (Å²) < 4.78 is 7.40. The SMILES string of the molecule is CC(C)n1c(C(=O)O)cc(=O)c2cc(Oc3ccccc3)ccc21. The van der Waals surface area contributed by atoms with E-state index in [2.05, 4.69) is 0 Å². The number of pyridine rings is 1. The average Bonchev–Trinajstić information content (AvgIpc) is 2.55. The number of nitrogens with zero attached hydrogens (tertiary/aromatic N) is 1. The molecule has 0 unspecified atom stereocenters. The molecule has 5 heteroatoms. The number of carbonyl (C=O) groups is 1. The summed E-state index contributed by atoms with van der Waals surface area (Å²) in [5, 5.41) is 9.80. The van der Waals surface area contributed by atoms with Crippen LogP contribution in [0.5, 0.6) is 11.5 Å². The third kappa shape index (κ3) is 2.88. The van der Waals surface area contributed by atoms with Gasteiger partial charge in [-0.3, -0.25) is 4.79 Å². The number of rotatable bonds is 4. The van der Waals surface area contributed by atoms with Crippen LogP contribution in [0, 0.1) is 0 Å². The fraction of sp³-hybridized carbons (Fsp3) is 0.158. The highest BCUT2D eigenvalue weighted by Crippen LogP contribution is 2.26. The van der Waals surface area contributed by atoms with Crippen molar-refractivity contribution in [3.05, 3.63) is 70.5 Å². The topological polar surface area (TPSA) is 68.5 Å². The minimum atomic E-state index is -1.12. The Morgan fingerprint density at radius 3 is 2.38 bits per heavy atom. The summed E-state index contributed by atoms with van der Waals surface area (Å²) in [4.78, 5) is 23.8. The van der Waals surface area contributed by atoms with Crippen molar-refractivity contribution in [1.29, 1.82) is 0 Å². The molecule has 3 rings (SSSR count). The average molecular weight is 323 g/mol. The van der Waals surface area contributed by atoms with Crippen LogP contribution in [0.25, 0.3) is 10.9 Å². The third-order valence-corrected chi connectivity index (χ3v) is 3.73. The van der Waals surface area contributed by atoms with Crippen LogP contribution in [0.1, 0.15) is 30.4 Å². The van der Waals surface area contributed by atoms with E-state index >= 15 is 0 Å². The van der Waals surface area contributed by atoms with Gasteiger partial charge in [-0.2, -0.15) is 0 Å². The second-order valence-electron chi connectivity index (χ2n) is 5.76. The molecule has 1 heterocycles. The van der Waals surface area contributed by atoms with Crippen molar-refractivity contribution in [3.8, 4) is 11.5 Å². The molecule has 2 aromatic carbocycles. The van der Waals surface area contributed by atoms with Crippen molar-refractivity contribution < 1.29 is 14.6 Å². The highest BCUT2D eigenvalue weighted by Gasteiger charge is 2.17. The van der Waals surface area contributed by atoms with Crippen LogP contribution in [-0.2, 0) is 0 Å². The quantitative estimate of drug-likeness (QED) is 0.785. The van der Waals surface area contributed by atoms with Crippen LogP contribution in [-0.4, -0.2) is 15.6 Å². The maximum Gasteiger partial charge on any atom is 0.352 e. The normalized spacial score (nSPS) is 11.0. The van der Waals surface area contributed by atoms with Gasteiger partial charge < -0.3 is 14.4 Å². The molecule has 0 saturated carbocycles. The van der Waals surface area contributed by atoms with Crippen LogP contribution in [0.15, 0.2) is 59.4 Å². The van der Waals surface area contributed by atoms with Crippen LogP contribution in [0.3, 0.4) is 0 Å². The fourth-order valence-electron chi connectivity index (χ4n) is 2.73. The van der Waals surface area contributed by atoms with Crippen LogP contribution < -0.4 is 10.2 Å². The van der Waals surface area contributed by atoms with Crippen molar-refractivity contribution >= 4 is 16.9 Å². The Labute approximate surface area is 138 Å². The Kier molecular flexibility index (Phi) is 4.08. The van der Waals surface area contributed by atoms with E-state index in [0.29, 0.717) is 22.4 Å². The lowest BCUT2D eigenvalue weighted by atomic mass is 10.1. The van der Waals surface area contributed by atoms with Gasteiger partial charge in [-0.1, -0.05) is 18.2 Å². The molecule has 3 aromatic rings. The molecule has 1 N–H and O–H groups in total. The third-order valence-electron chi connectivity index (χ3n) is 3.73. The number of para-hydroxylation sites is 1. The molecule has 5 nitrogen and oxygen atoms in total. The summed E-state index contributed by atoms with van der Waals surface area (Å²) >= 11 is 0. The number of hydrogen-bond acceptors (Lipinski definition) is 3. The second kappa shape index (κ2) is 6.20. The standard InChI is InChI=1S/C19H17NO4/c1-12(2)20-16-9-8-14(24-13-6-4-3-5-7-13)10-15(16)18(21)11-17(20)19(22)23/h3-12H,1-2H3,(H,22,23). The van der Waals surface area contributed by atoms with E-state index in [1.807, 2.05) is 44.2 Å². The molecule has 0 aliphatic heterocycles. The first kappa shape index (κ1) is 15.8. The fourth-order valence-corrected chi connectivity index (χ4v) is 2.73. The molecule has 24 heavy (non-hydrogen) atoms. The van der Waals surface area contributed by atoms with E-state index in [1.165, 1.54) is 0 Å². The summed E-state index contributed by atoms with van der Waals surface area (Å²) in [6, 6.07) is 15.4. The van der Waals surface area contributed by atoms with Gasteiger partial charge in [0.15, 0.2) is 5.43 Å². The van der Waals surface area contributed by atoms with Crippen LogP contribution in [0.4, 0.5) is 0 Å². The zero-order chi connectivity index (χ0) is 17.3. The molecular weight excluding hydrogens is 306 g/mol. The Bertz CT molecular complexity index is 958. The monoisotopic (exact) mass is 323 g/mol. The van der Waals surface area contributed by atoms with Crippen molar-refractivity contribution in [2.45, 2.75) is 19.9 Å². The predicted octanol–water partition coefficient (Wildman–Crippen LogP) is 4.07. The first-order chi connectivity index (χ1) is 11.5. The van der Waals surface area contributed by atoms with E-state index < -0.39 is 5.97 Å². The van der Waals surface area contributed by atoms with Gasteiger partial charge in [-0.25, -0.2) is 4.79 Å². The second-order valence-corrected chi connectivity index (χ2v) is 5.76. The number of carboxylic acid groups (broad SMARTS) is 1. The minimum Gasteiger partial charge on any atom is -0.477 e. The largest absolute Gasteiger partial charge is 0.477 e. The molecule has 0 aliphatic carbocycles. The highest BCUT2D eigenvalue weighted by atomic mass is 16.5. The van der Waals surface area contributed by atoms with E-state index in [4.69, 9.17) is 4.74 Å². The van der Waals surface area contributed by atoms with Crippen molar-refractivity contribution in [2.24, 2.45) is 0 Å². The van der Waals surface area contributed by atoms with E-state index in [-0.39, 0.29) is 17.2 Å². The van der Waals surface area contributed by atoms with E-state index in [9.17, 15) is 14.7 Å². The lowest BCUT2D eigenvalue weighted by molar-refractivity contribution is 0.0683. The summed E-state index contributed by atoms with van der Waals surface area (Å²) in [5.41, 5.74) is 0.229. The molecule has 0 bridgehead atoms. The molecule has 122 valence electrons. The number of ether oxygens (including phenoxy) is 1. The van der Waals surface area contributed by atoms with Gasteiger partial charge in [-0.05, 0) is 44.2 Å². The maximum atomic E-state index is 12.4. The number of carboxylic acids is 1.